The molecule has 0 aromatic heterocycles. The van der Waals surface area contributed by atoms with Crippen LogP contribution in [0, 0.1) is 11.7 Å². The highest BCUT2D eigenvalue weighted by Gasteiger charge is 2.34. The number of carbonyl (C=O) groups excluding carboxylic acids is 1. The van der Waals surface area contributed by atoms with E-state index in [4.69, 9.17) is 34.8 Å². The van der Waals surface area contributed by atoms with Gasteiger partial charge in [-0.2, -0.15) is 0 Å². The molecule has 3 nitrogen and oxygen atoms in total. The van der Waals surface area contributed by atoms with Gasteiger partial charge in [-0.05, 0) is 18.1 Å². The molecule has 0 spiro atoms. The van der Waals surface area contributed by atoms with Gasteiger partial charge in [0.25, 0.3) is 0 Å². The molecule has 1 aromatic carbocycles. The van der Waals surface area contributed by atoms with Gasteiger partial charge >= 0.3 is 0 Å². The molecule has 7 heteroatoms. The summed E-state index contributed by atoms with van der Waals surface area (Å²) < 4.78 is 11.8. The predicted molar refractivity (Wildman–Crippen MR) is 81.7 cm³/mol. The van der Waals surface area contributed by atoms with Crippen LogP contribution in [0.25, 0.3) is 0 Å². The van der Waals surface area contributed by atoms with Crippen molar-refractivity contribution in [2.24, 2.45) is 5.92 Å². The van der Waals surface area contributed by atoms with Crippen molar-refractivity contribution in [3.8, 4) is 0 Å². The number of hydrogen-bond acceptors (Lipinski definition) is 2. The van der Waals surface area contributed by atoms with Crippen molar-refractivity contribution in [3.05, 3.63) is 30.1 Å². The number of anilines is 1. The van der Waals surface area contributed by atoms with E-state index >= 15 is 0 Å². The molecule has 112 valence electrons. The second-order valence-corrected chi connectivity index (χ2v) is 7.13. The summed E-state index contributed by atoms with van der Waals surface area (Å²) in [5, 5.41) is 5.24. The Labute approximate surface area is 132 Å². The van der Waals surface area contributed by atoms with Crippen LogP contribution in [0.5, 0.6) is 0 Å². The monoisotopic (exact) mass is 340 g/mol. The Morgan fingerprint density at radius 1 is 1.30 bits per heavy atom. The zero-order chi connectivity index (χ0) is 15.3. The van der Waals surface area contributed by atoms with Gasteiger partial charge in [0.1, 0.15) is 12.0 Å². The summed E-state index contributed by atoms with van der Waals surface area (Å²) in [4.78, 5) is 11.8. The Morgan fingerprint density at radius 2 is 1.90 bits per heavy atom. The highest BCUT2D eigenvalue weighted by atomic mass is 35.6. The number of nitrogens with one attached hydrogen (secondary N) is 2. The first-order chi connectivity index (χ1) is 9.20. The topological polar surface area (TPSA) is 41.1 Å². The van der Waals surface area contributed by atoms with Gasteiger partial charge in [0.15, 0.2) is 0 Å². The quantitative estimate of drug-likeness (QED) is 0.625. The average Bonchev–Trinajstić information content (AvgIpc) is 2.28. The molecule has 1 atom stereocenters. The van der Waals surface area contributed by atoms with Gasteiger partial charge in [0.2, 0.25) is 9.70 Å². The van der Waals surface area contributed by atoms with Crippen molar-refractivity contribution < 1.29 is 9.18 Å². The molecule has 0 aliphatic heterocycles. The molecule has 1 rings (SSSR count). The molecule has 0 saturated heterocycles. The Morgan fingerprint density at radius 3 is 2.40 bits per heavy atom. The van der Waals surface area contributed by atoms with Gasteiger partial charge < -0.3 is 10.6 Å². The van der Waals surface area contributed by atoms with Gasteiger partial charge in [-0.3, -0.25) is 4.79 Å². The van der Waals surface area contributed by atoms with Gasteiger partial charge in [-0.15, -0.1) is 0 Å². The van der Waals surface area contributed by atoms with E-state index in [1.165, 1.54) is 12.1 Å². The molecule has 0 unspecified atom stereocenters. The second-order valence-electron chi connectivity index (χ2n) is 4.76. The first-order valence-corrected chi connectivity index (χ1v) is 7.20. The number of alkyl halides is 3. The number of halogens is 4. The fraction of sp³-hybridized carbons (Fsp3) is 0.462. The molecule has 0 aliphatic carbocycles. The lowest BCUT2D eigenvalue weighted by molar-refractivity contribution is -0.122. The number of para-hydroxylation sites is 1. The Hall–Kier alpha value is -0.710. The third-order valence-electron chi connectivity index (χ3n) is 2.40. The largest absolute Gasteiger partial charge is 0.359 e. The van der Waals surface area contributed by atoms with E-state index in [9.17, 15) is 9.18 Å². The highest BCUT2D eigenvalue weighted by Crippen LogP contribution is 2.31. The second kappa shape index (κ2) is 7.34. The first kappa shape index (κ1) is 17.3. The fourth-order valence-electron chi connectivity index (χ4n) is 1.52. The zero-order valence-electron chi connectivity index (χ0n) is 11.1. The molecule has 20 heavy (non-hydrogen) atoms. The van der Waals surface area contributed by atoms with Crippen molar-refractivity contribution in [2.45, 2.75) is 30.2 Å². The van der Waals surface area contributed by atoms with Crippen LogP contribution in [0.4, 0.5) is 10.1 Å². The minimum absolute atomic E-state index is 0.147. The van der Waals surface area contributed by atoms with Crippen LogP contribution >= 0.6 is 34.8 Å². The molecule has 1 aromatic rings. The maximum Gasteiger partial charge on any atom is 0.228 e. The maximum absolute atomic E-state index is 13.6. The van der Waals surface area contributed by atoms with Crippen LogP contribution in [0.3, 0.4) is 0 Å². The molecule has 0 aliphatic rings. The average molecular weight is 342 g/mol. The van der Waals surface area contributed by atoms with Crippen LogP contribution in [0.15, 0.2) is 24.3 Å². The lowest BCUT2D eigenvalue weighted by Gasteiger charge is -2.27. The molecule has 1 amide bonds. The Balaban J connectivity index is 2.81. The highest BCUT2D eigenvalue weighted by molar-refractivity contribution is 6.68. The predicted octanol–water partition coefficient (Wildman–Crippen LogP) is 4.10. The minimum atomic E-state index is -1.81. The van der Waals surface area contributed by atoms with E-state index in [2.05, 4.69) is 10.6 Å². The molecule has 2 N–H and O–H groups in total. The summed E-state index contributed by atoms with van der Waals surface area (Å²) in [7, 11) is 0. The summed E-state index contributed by atoms with van der Waals surface area (Å²) in [5.74, 6) is -0.607. The summed E-state index contributed by atoms with van der Waals surface area (Å²) >= 11 is 17.4. The standard InChI is InChI=1S/C13H16Cl3FN2O/c1-8(2)7-11(20)19-12(13(14,15)16)18-10-6-4-3-5-9(10)17/h3-6,8,12,18H,7H2,1-2H3,(H,19,20)/t12-/m1/s1. The molecule has 0 saturated carbocycles. The van der Waals surface area contributed by atoms with E-state index in [1.54, 1.807) is 12.1 Å². The molecule has 0 fully saturated rings. The minimum Gasteiger partial charge on any atom is -0.359 e. The lowest BCUT2D eigenvalue weighted by Crippen LogP contribution is -2.49. The van der Waals surface area contributed by atoms with Crippen LogP contribution in [0.2, 0.25) is 0 Å². The van der Waals surface area contributed by atoms with E-state index in [0.29, 0.717) is 0 Å². The van der Waals surface area contributed by atoms with Crippen LogP contribution < -0.4 is 10.6 Å². The van der Waals surface area contributed by atoms with Crippen molar-refractivity contribution in [1.29, 1.82) is 0 Å². The third kappa shape index (κ3) is 5.73. The van der Waals surface area contributed by atoms with E-state index < -0.39 is 15.8 Å². The smallest absolute Gasteiger partial charge is 0.228 e. The maximum atomic E-state index is 13.6. The van der Waals surface area contributed by atoms with Gasteiger partial charge in [-0.25, -0.2) is 4.39 Å². The SMILES string of the molecule is CC(C)CC(=O)N[C@@H](Nc1ccccc1F)C(Cl)(Cl)Cl. The number of hydrogen-bond donors (Lipinski definition) is 2. The van der Waals surface area contributed by atoms with Crippen LogP contribution in [-0.4, -0.2) is 15.9 Å². The number of rotatable bonds is 5. The van der Waals surface area contributed by atoms with Gasteiger partial charge in [-0.1, -0.05) is 60.8 Å². The number of amides is 1. The Kier molecular flexibility index (Phi) is 6.37. The lowest BCUT2D eigenvalue weighted by atomic mass is 10.1. The Bertz CT molecular complexity index is 463. The van der Waals surface area contributed by atoms with Crippen molar-refractivity contribution in [2.75, 3.05) is 5.32 Å². The number of benzene rings is 1. The summed E-state index contributed by atoms with van der Waals surface area (Å²) in [5.41, 5.74) is 0.147. The molecule has 0 bridgehead atoms. The normalized spacial score (nSPS) is 13.2. The van der Waals surface area contributed by atoms with Crippen molar-refractivity contribution in [1.82, 2.24) is 5.32 Å². The van der Waals surface area contributed by atoms with E-state index in [1.807, 2.05) is 13.8 Å². The van der Waals surface area contributed by atoms with Gasteiger partial charge in [0, 0.05) is 6.42 Å². The van der Waals surface area contributed by atoms with E-state index in [-0.39, 0.29) is 23.9 Å². The van der Waals surface area contributed by atoms with Crippen LogP contribution in [0.1, 0.15) is 20.3 Å². The number of carbonyl (C=O) groups is 1. The molecular weight excluding hydrogens is 326 g/mol. The fourth-order valence-corrected chi connectivity index (χ4v) is 1.85. The van der Waals surface area contributed by atoms with Crippen molar-refractivity contribution in [3.63, 3.8) is 0 Å². The zero-order valence-corrected chi connectivity index (χ0v) is 13.4. The first-order valence-electron chi connectivity index (χ1n) is 6.07. The summed E-state index contributed by atoms with van der Waals surface area (Å²) in [6.45, 7) is 3.79. The van der Waals surface area contributed by atoms with Crippen LogP contribution in [-0.2, 0) is 4.79 Å². The molecular formula is C13H16Cl3FN2O. The molecule has 0 radical (unpaired) electrons. The van der Waals surface area contributed by atoms with E-state index in [0.717, 1.165) is 0 Å². The summed E-state index contributed by atoms with van der Waals surface area (Å²) in [6, 6.07) is 5.94. The third-order valence-corrected chi connectivity index (χ3v) is 3.05. The summed E-state index contributed by atoms with van der Waals surface area (Å²) in [6.07, 6.45) is -0.744. The van der Waals surface area contributed by atoms with Crippen molar-refractivity contribution >= 4 is 46.4 Å². The molecule has 0 heterocycles. The van der Waals surface area contributed by atoms with Gasteiger partial charge in [0.05, 0.1) is 5.69 Å².